The van der Waals surface area contributed by atoms with E-state index in [1.165, 1.54) is 24.4 Å². The number of aromatic nitrogens is 4. The first kappa shape index (κ1) is 16.5. The van der Waals surface area contributed by atoms with Gasteiger partial charge >= 0.3 is 5.92 Å². The number of aryl methyl sites for hydroxylation is 1. The Morgan fingerprint density at radius 3 is 2.68 bits per heavy atom. The van der Waals surface area contributed by atoms with Gasteiger partial charge in [-0.1, -0.05) is 22.4 Å². The summed E-state index contributed by atoms with van der Waals surface area (Å²) in [7, 11) is 0. The number of pyridine rings is 2. The molecule has 6 nitrogen and oxygen atoms in total. The van der Waals surface area contributed by atoms with Gasteiger partial charge in [-0.15, -0.1) is 0 Å². The lowest BCUT2D eigenvalue weighted by molar-refractivity contribution is 0.0362. The molecule has 5 rings (SSSR count). The smallest absolute Gasteiger partial charge is 0.319 e. The summed E-state index contributed by atoms with van der Waals surface area (Å²) >= 11 is 0. The Labute approximate surface area is 156 Å². The van der Waals surface area contributed by atoms with Gasteiger partial charge in [0, 0.05) is 35.0 Å². The fourth-order valence-electron chi connectivity index (χ4n) is 3.10. The molecule has 4 heterocycles. The summed E-state index contributed by atoms with van der Waals surface area (Å²) < 4.78 is 40.9. The van der Waals surface area contributed by atoms with Crippen molar-refractivity contribution in [2.75, 3.05) is 0 Å². The molecule has 0 bridgehead atoms. The van der Waals surface area contributed by atoms with E-state index in [1.54, 1.807) is 37.4 Å². The van der Waals surface area contributed by atoms with Crippen molar-refractivity contribution in [3.8, 4) is 11.3 Å². The summed E-state index contributed by atoms with van der Waals surface area (Å²) in [5.74, 6) is -2.95. The van der Waals surface area contributed by atoms with E-state index in [4.69, 9.17) is 9.05 Å². The highest BCUT2D eigenvalue weighted by Gasteiger charge is 2.40. The fourth-order valence-corrected chi connectivity index (χ4v) is 3.10. The Morgan fingerprint density at radius 2 is 1.86 bits per heavy atom. The zero-order chi connectivity index (χ0) is 19.3. The van der Waals surface area contributed by atoms with Gasteiger partial charge in [0.2, 0.25) is 0 Å². The van der Waals surface area contributed by atoms with Crippen molar-refractivity contribution in [2.45, 2.75) is 12.8 Å². The minimum atomic E-state index is -3.38. The van der Waals surface area contributed by atoms with Crippen LogP contribution in [0.15, 0.2) is 63.9 Å². The van der Waals surface area contributed by atoms with Crippen molar-refractivity contribution in [3.63, 3.8) is 0 Å². The average Bonchev–Trinajstić information content (AvgIpc) is 3.33. The van der Waals surface area contributed by atoms with Crippen LogP contribution in [0.25, 0.3) is 33.3 Å². The molecule has 5 aromatic rings. The Hall–Kier alpha value is -3.68. The number of nitrogens with zero attached hydrogens (tertiary/aromatic N) is 4. The van der Waals surface area contributed by atoms with Gasteiger partial charge < -0.3 is 9.05 Å². The predicted octanol–water partition coefficient (Wildman–Crippen LogP) is 4.87. The van der Waals surface area contributed by atoms with Crippen molar-refractivity contribution in [3.05, 3.63) is 71.8 Å². The van der Waals surface area contributed by atoms with Gasteiger partial charge in [-0.3, -0.25) is 4.98 Å². The lowest BCUT2D eigenvalue weighted by Crippen LogP contribution is -2.16. The molecule has 4 aromatic heterocycles. The van der Waals surface area contributed by atoms with Crippen molar-refractivity contribution < 1.29 is 17.8 Å². The fraction of sp³-hybridized carbons (Fsp3) is 0.100. The molecule has 0 spiro atoms. The van der Waals surface area contributed by atoms with E-state index in [-0.39, 0.29) is 16.7 Å². The molecule has 28 heavy (non-hydrogen) atoms. The molecule has 0 saturated heterocycles. The third-order valence-electron chi connectivity index (χ3n) is 4.51. The molecule has 0 aliphatic heterocycles. The number of hydrogen-bond donors (Lipinski definition) is 0. The molecule has 0 unspecified atom stereocenters. The van der Waals surface area contributed by atoms with Crippen LogP contribution in [0.2, 0.25) is 0 Å². The standard InChI is InChI=1S/C20H12F2N4O2/c1-11-7-17(27-25-11)13-9-15-18(26-28-19(15)24-10-13)20(21,22)14-4-5-16-12(8-14)3-2-6-23-16/h2-10H,1H3. The zero-order valence-electron chi connectivity index (χ0n) is 14.6. The van der Waals surface area contributed by atoms with Gasteiger partial charge in [0.1, 0.15) is 0 Å². The van der Waals surface area contributed by atoms with Crippen LogP contribution in [0.5, 0.6) is 0 Å². The number of benzene rings is 1. The molecule has 0 aliphatic rings. The molecule has 8 heteroatoms. The van der Waals surface area contributed by atoms with Gasteiger partial charge in [0.25, 0.3) is 5.71 Å². The average molecular weight is 378 g/mol. The van der Waals surface area contributed by atoms with Crippen molar-refractivity contribution in [2.24, 2.45) is 0 Å². The second-order valence-electron chi connectivity index (χ2n) is 6.43. The van der Waals surface area contributed by atoms with Crippen LogP contribution < -0.4 is 0 Å². The van der Waals surface area contributed by atoms with Gasteiger partial charge in [0.15, 0.2) is 11.5 Å². The molecular formula is C20H12F2N4O2. The second kappa shape index (κ2) is 5.91. The summed E-state index contributed by atoms with van der Waals surface area (Å²) in [5, 5.41) is 8.15. The highest BCUT2D eigenvalue weighted by atomic mass is 19.3. The zero-order valence-corrected chi connectivity index (χ0v) is 14.6. The van der Waals surface area contributed by atoms with E-state index in [0.717, 1.165) is 0 Å². The Balaban J connectivity index is 1.65. The minimum absolute atomic E-state index is 0.0251. The number of halogens is 2. The van der Waals surface area contributed by atoms with Crippen LogP contribution in [0.1, 0.15) is 17.0 Å². The maximum Gasteiger partial charge on any atom is 0.319 e. The highest BCUT2D eigenvalue weighted by molar-refractivity contribution is 5.83. The van der Waals surface area contributed by atoms with E-state index < -0.39 is 11.6 Å². The molecular weight excluding hydrogens is 366 g/mol. The lowest BCUT2D eigenvalue weighted by Gasteiger charge is -2.14. The number of alkyl halides is 2. The predicted molar refractivity (Wildman–Crippen MR) is 96.8 cm³/mol. The van der Waals surface area contributed by atoms with Gasteiger partial charge in [-0.05, 0) is 31.2 Å². The second-order valence-corrected chi connectivity index (χ2v) is 6.43. The summed E-state index contributed by atoms with van der Waals surface area (Å²) in [4.78, 5) is 8.24. The highest BCUT2D eigenvalue weighted by Crippen LogP contribution is 2.40. The largest absolute Gasteiger partial charge is 0.356 e. The maximum atomic E-state index is 15.3. The first-order chi connectivity index (χ1) is 13.5. The number of fused-ring (bicyclic) bond motifs is 2. The minimum Gasteiger partial charge on any atom is -0.356 e. The normalized spacial score (nSPS) is 12.1. The molecule has 0 radical (unpaired) electrons. The van der Waals surface area contributed by atoms with E-state index in [2.05, 4.69) is 20.3 Å². The molecule has 0 N–H and O–H groups in total. The Kier molecular flexibility index (Phi) is 3.48. The van der Waals surface area contributed by atoms with Crippen LogP contribution in [-0.2, 0) is 5.92 Å². The van der Waals surface area contributed by atoms with E-state index in [9.17, 15) is 0 Å². The van der Waals surface area contributed by atoms with Gasteiger partial charge in [0.05, 0.1) is 16.6 Å². The van der Waals surface area contributed by atoms with Crippen LogP contribution >= 0.6 is 0 Å². The van der Waals surface area contributed by atoms with E-state index in [1.807, 2.05) is 0 Å². The molecule has 1 aromatic carbocycles. The third kappa shape index (κ3) is 2.53. The van der Waals surface area contributed by atoms with E-state index in [0.29, 0.717) is 27.9 Å². The van der Waals surface area contributed by atoms with E-state index >= 15 is 8.78 Å². The SMILES string of the molecule is Cc1cc(-c2cnc3onc(C(F)(F)c4ccc5ncccc5c4)c3c2)on1. The van der Waals surface area contributed by atoms with Crippen molar-refractivity contribution >= 4 is 22.0 Å². The maximum absolute atomic E-state index is 15.3. The summed E-state index contributed by atoms with van der Waals surface area (Å²) in [6.45, 7) is 1.77. The molecule has 0 aliphatic carbocycles. The van der Waals surface area contributed by atoms with Crippen LogP contribution in [0.4, 0.5) is 8.78 Å². The molecule has 0 amide bonds. The monoisotopic (exact) mass is 378 g/mol. The summed E-state index contributed by atoms with van der Waals surface area (Å²) in [6, 6.07) is 10.9. The quantitative estimate of drug-likeness (QED) is 0.445. The molecule has 138 valence electrons. The van der Waals surface area contributed by atoms with Gasteiger partial charge in [-0.25, -0.2) is 4.98 Å². The number of rotatable bonds is 3. The molecule has 0 saturated carbocycles. The molecule has 0 atom stereocenters. The van der Waals surface area contributed by atoms with Crippen LogP contribution in [0.3, 0.4) is 0 Å². The topological polar surface area (TPSA) is 77.8 Å². The Morgan fingerprint density at radius 1 is 0.964 bits per heavy atom. The summed E-state index contributed by atoms with van der Waals surface area (Å²) in [5.41, 5.74) is 1.14. The third-order valence-corrected chi connectivity index (χ3v) is 4.51. The first-order valence-electron chi connectivity index (χ1n) is 8.45. The van der Waals surface area contributed by atoms with Crippen LogP contribution in [-0.4, -0.2) is 20.3 Å². The first-order valence-corrected chi connectivity index (χ1v) is 8.45. The van der Waals surface area contributed by atoms with Crippen molar-refractivity contribution in [1.82, 2.24) is 20.3 Å². The summed E-state index contributed by atoms with van der Waals surface area (Å²) in [6.07, 6.45) is 3.08. The lowest BCUT2D eigenvalue weighted by atomic mass is 10.0. The number of hydrogen-bond acceptors (Lipinski definition) is 6. The Bertz CT molecular complexity index is 1330. The van der Waals surface area contributed by atoms with Gasteiger partial charge in [-0.2, -0.15) is 8.78 Å². The van der Waals surface area contributed by atoms with Crippen LogP contribution in [0, 0.1) is 6.92 Å². The molecule has 0 fully saturated rings. The van der Waals surface area contributed by atoms with Crippen molar-refractivity contribution in [1.29, 1.82) is 0 Å².